The zero-order valence-electron chi connectivity index (χ0n) is 13.1. The van der Waals surface area contributed by atoms with Crippen molar-refractivity contribution in [2.24, 2.45) is 5.73 Å². The van der Waals surface area contributed by atoms with E-state index in [4.69, 9.17) is 5.73 Å². The van der Waals surface area contributed by atoms with E-state index < -0.39 is 6.04 Å². The normalized spacial score (nSPS) is 17.1. The van der Waals surface area contributed by atoms with Crippen LogP contribution >= 0.6 is 0 Å². The van der Waals surface area contributed by atoms with Gasteiger partial charge in [-0.2, -0.15) is 0 Å². The fraction of sp³-hybridized carbons (Fsp3) is 0.200. The number of hydrogen-bond acceptors (Lipinski definition) is 3. The third-order valence-corrected chi connectivity index (χ3v) is 4.64. The van der Waals surface area contributed by atoms with E-state index in [0.717, 1.165) is 27.7 Å². The van der Waals surface area contributed by atoms with Crippen molar-refractivity contribution in [3.8, 4) is 0 Å². The molecule has 0 bridgehead atoms. The van der Waals surface area contributed by atoms with Crippen molar-refractivity contribution in [1.29, 1.82) is 0 Å². The molecule has 2 aromatic carbocycles. The quantitative estimate of drug-likeness (QED) is 0.787. The zero-order valence-corrected chi connectivity index (χ0v) is 13.1. The molecule has 3 aromatic rings. The van der Waals surface area contributed by atoms with Gasteiger partial charge in [-0.25, -0.2) is 4.39 Å². The first-order valence-corrected chi connectivity index (χ1v) is 8.08. The second-order valence-corrected chi connectivity index (χ2v) is 6.24. The van der Waals surface area contributed by atoms with Crippen molar-refractivity contribution in [2.75, 3.05) is 0 Å². The lowest BCUT2D eigenvalue weighted by Crippen LogP contribution is -2.36. The Labute approximate surface area is 139 Å². The molecule has 0 spiro atoms. The van der Waals surface area contributed by atoms with Gasteiger partial charge in [-0.3, -0.25) is 9.78 Å². The van der Waals surface area contributed by atoms with Crippen LogP contribution in [0.2, 0.25) is 0 Å². The van der Waals surface area contributed by atoms with E-state index in [0.29, 0.717) is 24.8 Å². The third kappa shape index (κ3) is 2.49. The number of para-hydroxylation sites is 1. The maximum Gasteiger partial charge on any atom is 0.181 e. The molecule has 1 aliphatic carbocycles. The molecule has 0 saturated heterocycles. The second-order valence-electron chi connectivity index (χ2n) is 6.24. The van der Waals surface area contributed by atoms with E-state index in [-0.39, 0.29) is 11.6 Å². The van der Waals surface area contributed by atoms with Crippen molar-refractivity contribution >= 4 is 16.7 Å². The largest absolute Gasteiger partial charge is 0.321 e. The van der Waals surface area contributed by atoms with Gasteiger partial charge in [0.2, 0.25) is 0 Å². The average Bonchev–Trinajstić information content (AvgIpc) is 2.60. The van der Waals surface area contributed by atoms with Gasteiger partial charge in [0, 0.05) is 10.9 Å². The molecule has 2 N–H and O–H groups in total. The molecule has 1 atom stereocenters. The monoisotopic (exact) mass is 320 g/mol. The Bertz CT molecular complexity index is 934. The molecule has 0 aliphatic heterocycles. The Balaban J connectivity index is 1.94. The third-order valence-electron chi connectivity index (χ3n) is 4.64. The first-order valence-electron chi connectivity index (χ1n) is 8.08. The van der Waals surface area contributed by atoms with Crippen LogP contribution in [0.25, 0.3) is 10.9 Å². The summed E-state index contributed by atoms with van der Waals surface area (Å²) >= 11 is 0. The van der Waals surface area contributed by atoms with Crippen LogP contribution in [-0.4, -0.2) is 16.8 Å². The summed E-state index contributed by atoms with van der Waals surface area (Å²) in [6.45, 7) is 0. The standard InChI is InChI=1S/C20H17FN2O/c21-13-7-5-12(6-8-13)11-15-14-3-1-2-4-17(14)23-18-10-9-16(22)20(24)19(15)18/h1-8,16H,9-11,22H2. The number of ketones is 1. The molecule has 1 heterocycles. The summed E-state index contributed by atoms with van der Waals surface area (Å²) in [4.78, 5) is 17.4. The number of halogens is 1. The van der Waals surface area contributed by atoms with Gasteiger partial charge in [-0.05, 0) is 48.6 Å². The molecule has 0 radical (unpaired) electrons. The molecule has 24 heavy (non-hydrogen) atoms. The molecule has 0 fully saturated rings. The molecule has 1 aliphatic rings. The van der Waals surface area contributed by atoms with Gasteiger partial charge in [0.1, 0.15) is 5.82 Å². The number of aryl methyl sites for hydroxylation is 1. The van der Waals surface area contributed by atoms with Crippen molar-refractivity contribution < 1.29 is 9.18 Å². The molecule has 120 valence electrons. The molecule has 3 nitrogen and oxygen atoms in total. The smallest absolute Gasteiger partial charge is 0.181 e. The number of nitrogens with zero attached hydrogens (tertiary/aromatic N) is 1. The summed E-state index contributed by atoms with van der Waals surface area (Å²) < 4.78 is 13.2. The lowest BCUT2D eigenvalue weighted by Gasteiger charge is -2.23. The van der Waals surface area contributed by atoms with Gasteiger partial charge < -0.3 is 5.73 Å². The Kier molecular flexibility index (Phi) is 3.62. The van der Waals surface area contributed by atoms with Gasteiger partial charge >= 0.3 is 0 Å². The highest BCUT2D eigenvalue weighted by Crippen LogP contribution is 2.30. The van der Waals surface area contributed by atoms with E-state index in [1.807, 2.05) is 24.3 Å². The number of rotatable bonds is 2. The Hall–Kier alpha value is -2.59. The minimum Gasteiger partial charge on any atom is -0.321 e. The van der Waals surface area contributed by atoms with Crippen LogP contribution in [0, 0.1) is 5.82 Å². The van der Waals surface area contributed by atoms with Crippen LogP contribution in [0.15, 0.2) is 48.5 Å². The molecule has 4 rings (SSSR count). The van der Waals surface area contributed by atoms with Crippen LogP contribution in [0.5, 0.6) is 0 Å². The molecule has 0 saturated carbocycles. The highest BCUT2D eigenvalue weighted by atomic mass is 19.1. The number of Topliss-reactive ketones (excluding diaryl/α,β-unsaturated/α-hetero) is 1. The van der Waals surface area contributed by atoms with Crippen LogP contribution in [0.4, 0.5) is 4.39 Å². The van der Waals surface area contributed by atoms with E-state index in [1.54, 1.807) is 12.1 Å². The summed E-state index contributed by atoms with van der Waals surface area (Å²) in [5.41, 5.74) is 10.3. The van der Waals surface area contributed by atoms with Gasteiger partial charge in [0.15, 0.2) is 5.78 Å². The number of fused-ring (bicyclic) bond motifs is 2. The summed E-state index contributed by atoms with van der Waals surface area (Å²) in [7, 11) is 0. The van der Waals surface area contributed by atoms with Crippen molar-refractivity contribution in [3.63, 3.8) is 0 Å². The van der Waals surface area contributed by atoms with Crippen LogP contribution < -0.4 is 5.73 Å². The SMILES string of the molecule is NC1CCc2nc3ccccc3c(Cc3ccc(F)cc3)c2C1=O. The zero-order chi connectivity index (χ0) is 16.7. The number of hydrogen-bond donors (Lipinski definition) is 1. The van der Waals surface area contributed by atoms with E-state index in [9.17, 15) is 9.18 Å². The first-order chi connectivity index (χ1) is 11.6. The second kappa shape index (κ2) is 5.80. The lowest BCUT2D eigenvalue weighted by atomic mass is 9.84. The maximum atomic E-state index is 13.2. The number of nitrogens with two attached hydrogens (primary N) is 1. The Morgan fingerprint density at radius 1 is 1.12 bits per heavy atom. The highest BCUT2D eigenvalue weighted by Gasteiger charge is 2.29. The molecule has 1 unspecified atom stereocenters. The van der Waals surface area contributed by atoms with Gasteiger partial charge in [0.05, 0.1) is 17.3 Å². The number of carbonyl (C=O) groups excluding carboxylic acids is 1. The van der Waals surface area contributed by atoms with E-state index in [1.165, 1.54) is 12.1 Å². The minimum atomic E-state index is -0.465. The fourth-order valence-electron chi connectivity index (χ4n) is 3.41. The van der Waals surface area contributed by atoms with E-state index >= 15 is 0 Å². The topological polar surface area (TPSA) is 56.0 Å². The predicted molar refractivity (Wildman–Crippen MR) is 91.6 cm³/mol. The Morgan fingerprint density at radius 3 is 2.67 bits per heavy atom. The molecule has 0 amide bonds. The summed E-state index contributed by atoms with van der Waals surface area (Å²) in [6.07, 6.45) is 1.90. The fourth-order valence-corrected chi connectivity index (χ4v) is 3.41. The summed E-state index contributed by atoms with van der Waals surface area (Å²) in [5.74, 6) is -0.301. The van der Waals surface area contributed by atoms with Gasteiger partial charge in [0.25, 0.3) is 0 Å². The lowest BCUT2D eigenvalue weighted by molar-refractivity contribution is 0.0947. The summed E-state index contributed by atoms with van der Waals surface area (Å²) in [5, 5.41) is 0.961. The van der Waals surface area contributed by atoms with Crippen molar-refractivity contribution in [1.82, 2.24) is 4.98 Å². The van der Waals surface area contributed by atoms with Gasteiger partial charge in [-0.15, -0.1) is 0 Å². The van der Waals surface area contributed by atoms with Crippen molar-refractivity contribution in [3.05, 3.63) is 76.7 Å². The van der Waals surface area contributed by atoms with Crippen LogP contribution in [0.3, 0.4) is 0 Å². The predicted octanol–water partition coefficient (Wildman–Crippen LogP) is 3.42. The molecule has 1 aromatic heterocycles. The minimum absolute atomic E-state index is 0.0355. The van der Waals surface area contributed by atoms with E-state index in [2.05, 4.69) is 4.98 Å². The average molecular weight is 320 g/mol. The Morgan fingerprint density at radius 2 is 1.88 bits per heavy atom. The highest BCUT2D eigenvalue weighted by molar-refractivity contribution is 6.06. The number of aromatic nitrogens is 1. The molecular weight excluding hydrogens is 303 g/mol. The first kappa shape index (κ1) is 15.0. The van der Waals surface area contributed by atoms with Crippen LogP contribution in [-0.2, 0) is 12.8 Å². The molecular formula is C20H17FN2O. The maximum absolute atomic E-state index is 13.2. The number of pyridine rings is 1. The van der Waals surface area contributed by atoms with Gasteiger partial charge in [-0.1, -0.05) is 30.3 Å². The number of benzene rings is 2. The van der Waals surface area contributed by atoms with Crippen molar-refractivity contribution in [2.45, 2.75) is 25.3 Å². The van der Waals surface area contributed by atoms with Crippen LogP contribution in [0.1, 0.15) is 33.6 Å². The summed E-state index contributed by atoms with van der Waals surface area (Å²) in [6, 6.07) is 13.8. The number of carbonyl (C=O) groups is 1. The molecule has 4 heteroatoms.